The molecule has 2 amide bonds. The third kappa shape index (κ3) is 4.14. The van der Waals surface area contributed by atoms with Crippen LogP contribution in [0, 0.1) is 11.6 Å². The van der Waals surface area contributed by atoms with Gasteiger partial charge in [0.25, 0.3) is 0 Å². The molecule has 0 atom stereocenters. The van der Waals surface area contributed by atoms with E-state index in [9.17, 15) is 13.6 Å². The van der Waals surface area contributed by atoms with Crippen molar-refractivity contribution in [2.24, 2.45) is 0 Å². The summed E-state index contributed by atoms with van der Waals surface area (Å²) in [5, 5.41) is 6.80. The first-order valence-corrected chi connectivity index (χ1v) is 8.74. The number of fused-ring (bicyclic) bond motifs is 1. The molecule has 4 rings (SSSR count). The molecular formula is C22H15F2N3O2. The Hall–Kier alpha value is -4.00. The van der Waals surface area contributed by atoms with Gasteiger partial charge < -0.3 is 15.4 Å². The maximum absolute atomic E-state index is 13.7. The van der Waals surface area contributed by atoms with Crippen LogP contribution in [0.3, 0.4) is 0 Å². The molecule has 0 saturated carbocycles. The van der Waals surface area contributed by atoms with Gasteiger partial charge in [0.05, 0.1) is 5.69 Å². The van der Waals surface area contributed by atoms with Crippen LogP contribution in [0.2, 0.25) is 0 Å². The van der Waals surface area contributed by atoms with E-state index in [1.807, 2.05) is 36.4 Å². The number of urea groups is 1. The van der Waals surface area contributed by atoms with Crippen molar-refractivity contribution in [1.82, 2.24) is 4.98 Å². The number of anilines is 2. The average molecular weight is 391 g/mol. The van der Waals surface area contributed by atoms with Crippen molar-refractivity contribution in [2.75, 3.05) is 10.6 Å². The predicted molar refractivity (Wildman–Crippen MR) is 107 cm³/mol. The smallest absolute Gasteiger partial charge is 0.323 e. The van der Waals surface area contributed by atoms with Gasteiger partial charge in [0.15, 0.2) is 0 Å². The average Bonchev–Trinajstić information content (AvgIpc) is 2.72. The van der Waals surface area contributed by atoms with Crippen LogP contribution in [0.1, 0.15) is 0 Å². The molecule has 1 aromatic heterocycles. The summed E-state index contributed by atoms with van der Waals surface area (Å²) in [7, 11) is 0. The van der Waals surface area contributed by atoms with E-state index in [2.05, 4.69) is 15.6 Å². The number of amides is 2. The lowest BCUT2D eigenvalue weighted by molar-refractivity contribution is 0.262. The molecule has 7 heteroatoms. The maximum Gasteiger partial charge on any atom is 0.323 e. The number of carbonyl (C=O) groups is 1. The molecule has 0 aliphatic heterocycles. The van der Waals surface area contributed by atoms with Gasteiger partial charge in [-0.05, 0) is 35.7 Å². The summed E-state index contributed by atoms with van der Waals surface area (Å²) in [4.78, 5) is 16.5. The topological polar surface area (TPSA) is 63.2 Å². The molecular weight excluding hydrogens is 376 g/mol. The number of nitrogens with one attached hydrogen (secondary N) is 2. The highest BCUT2D eigenvalue weighted by molar-refractivity contribution is 6.00. The van der Waals surface area contributed by atoms with Crippen LogP contribution in [0.25, 0.3) is 10.8 Å². The van der Waals surface area contributed by atoms with Gasteiger partial charge in [-0.25, -0.2) is 18.6 Å². The Balaban J connectivity index is 1.56. The maximum atomic E-state index is 13.7. The first-order chi connectivity index (χ1) is 14.1. The molecule has 0 saturated heterocycles. The summed E-state index contributed by atoms with van der Waals surface area (Å²) in [6.07, 6.45) is 1.53. The summed E-state index contributed by atoms with van der Waals surface area (Å²) in [5.74, 6) is -0.849. The first kappa shape index (κ1) is 18.4. The summed E-state index contributed by atoms with van der Waals surface area (Å²) in [6, 6.07) is 18.7. The zero-order valence-electron chi connectivity index (χ0n) is 15.0. The number of hydrogen-bond donors (Lipinski definition) is 2. The van der Waals surface area contributed by atoms with Crippen molar-refractivity contribution in [3.63, 3.8) is 0 Å². The Kier molecular flexibility index (Phi) is 5.03. The van der Waals surface area contributed by atoms with E-state index in [0.717, 1.165) is 22.9 Å². The molecule has 4 aromatic rings. The lowest BCUT2D eigenvalue weighted by Crippen LogP contribution is -2.20. The fraction of sp³-hybridized carbons (Fsp3) is 0. The molecule has 2 N–H and O–H groups in total. The summed E-state index contributed by atoms with van der Waals surface area (Å²) in [6.45, 7) is 0. The Morgan fingerprint density at radius 2 is 1.66 bits per heavy atom. The van der Waals surface area contributed by atoms with Gasteiger partial charge in [0.1, 0.15) is 23.1 Å². The number of rotatable bonds is 4. The van der Waals surface area contributed by atoms with Gasteiger partial charge in [0, 0.05) is 17.6 Å². The number of hydrogen-bond acceptors (Lipinski definition) is 3. The molecule has 144 valence electrons. The number of carbonyl (C=O) groups excluding carboxylic acids is 1. The minimum absolute atomic E-state index is 0.149. The molecule has 3 aromatic carbocycles. The zero-order chi connectivity index (χ0) is 20.2. The Morgan fingerprint density at radius 1 is 0.862 bits per heavy atom. The first-order valence-electron chi connectivity index (χ1n) is 8.74. The molecule has 0 bridgehead atoms. The molecule has 0 aliphatic rings. The van der Waals surface area contributed by atoms with Crippen molar-refractivity contribution in [2.45, 2.75) is 0 Å². The molecule has 0 fully saturated rings. The number of halogens is 2. The molecule has 0 radical (unpaired) electrons. The summed E-state index contributed by atoms with van der Waals surface area (Å²) >= 11 is 0. The van der Waals surface area contributed by atoms with Gasteiger partial charge in [-0.3, -0.25) is 0 Å². The zero-order valence-corrected chi connectivity index (χ0v) is 15.0. The predicted octanol–water partition coefficient (Wildman–Crippen LogP) is 5.95. The SMILES string of the molecule is O=C(Nc1ccc(F)cc1F)Nc1cccnc1Oc1cccc2ccccc12. The van der Waals surface area contributed by atoms with Crippen LogP contribution in [-0.2, 0) is 0 Å². The second kappa shape index (κ2) is 7.93. The number of aromatic nitrogens is 1. The molecule has 0 spiro atoms. The van der Waals surface area contributed by atoms with Crippen LogP contribution >= 0.6 is 0 Å². The number of benzene rings is 3. The number of ether oxygens (including phenoxy) is 1. The standard InChI is InChI=1S/C22H15F2N3O2/c23-15-10-11-18(17(24)13-15)26-22(28)27-19-8-4-12-25-21(19)29-20-9-3-6-14-5-1-2-7-16(14)20/h1-13H,(H2,26,27,28). The van der Waals surface area contributed by atoms with Crippen molar-refractivity contribution >= 4 is 28.2 Å². The Bertz CT molecular complexity index is 1190. The molecule has 5 nitrogen and oxygen atoms in total. The van der Waals surface area contributed by atoms with E-state index in [1.54, 1.807) is 18.2 Å². The Labute approximate surface area is 165 Å². The van der Waals surface area contributed by atoms with Gasteiger partial charge in [-0.2, -0.15) is 0 Å². The fourth-order valence-electron chi connectivity index (χ4n) is 2.82. The van der Waals surface area contributed by atoms with E-state index in [0.29, 0.717) is 17.5 Å². The molecule has 0 aliphatic carbocycles. The van der Waals surface area contributed by atoms with Crippen molar-refractivity contribution in [3.8, 4) is 11.6 Å². The summed E-state index contributed by atoms with van der Waals surface area (Å²) in [5.41, 5.74) is 0.143. The van der Waals surface area contributed by atoms with Crippen LogP contribution in [0.4, 0.5) is 25.0 Å². The van der Waals surface area contributed by atoms with Crippen LogP contribution in [-0.4, -0.2) is 11.0 Å². The van der Waals surface area contributed by atoms with Crippen molar-refractivity contribution in [1.29, 1.82) is 0 Å². The highest BCUT2D eigenvalue weighted by Crippen LogP contribution is 2.32. The summed E-state index contributed by atoms with van der Waals surface area (Å²) < 4.78 is 32.7. The third-order valence-electron chi connectivity index (χ3n) is 4.15. The van der Waals surface area contributed by atoms with Crippen LogP contribution in [0.15, 0.2) is 79.0 Å². The van der Waals surface area contributed by atoms with E-state index < -0.39 is 17.7 Å². The van der Waals surface area contributed by atoms with E-state index in [1.165, 1.54) is 6.20 Å². The van der Waals surface area contributed by atoms with Gasteiger partial charge in [-0.15, -0.1) is 0 Å². The number of pyridine rings is 1. The minimum atomic E-state index is -0.876. The quantitative estimate of drug-likeness (QED) is 0.452. The van der Waals surface area contributed by atoms with Gasteiger partial charge >= 0.3 is 6.03 Å². The normalized spacial score (nSPS) is 10.6. The molecule has 0 unspecified atom stereocenters. The van der Waals surface area contributed by atoms with Crippen LogP contribution in [0.5, 0.6) is 11.6 Å². The third-order valence-corrected chi connectivity index (χ3v) is 4.15. The van der Waals surface area contributed by atoms with Crippen molar-refractivity contribution < 1.29 is 18.3 Å². The molecule has 29 heavy (non-hydrogen) atoms. The second-order valence-corrected chi connectivity index (χ2v) is 6.14. The lowest BCUT2D eigenvalue weighted by atomic mass is 10.1. The van der Waals surface area contributed by atoms with Crippen LogP contribution < -0.4 is 15.4 Å². The molecule has 1 heterocycles. The highest BCUT2D eigenvalue weighted by atomic mass is 19.1. The monoisotopic (exact) mass is 391 g/mol. The highest BCUT2D eigenvalue weighted by Gasteiger charge is 2.13. The minimum Gasteiger partial charge on any atom is -0.436 e. The van der Waals surface area contributed by atoms with E-state index in [4.69, 9.17) is 4.74 Å². The number of nitrogens with zero attached hydrogens (tertiary/aromatic N) is 1. The van der Waals surface area contributed by atoms with Gasteiger partial charge in [-0.1, -0.05) is 36.4 Å². The van der Waals surface area contributed by atoms with Gasteiger partial charge in [0.2, 0.25) is 5.88 Å². The lowest BCUT2D eigenvalue weighted by Gasteiger charge is -2.13. The fourth-order valence-corrected chi connectivity index (χ4v) is 2.82. The largest absolute Gasteiger partial charge is 0.436 e. The van der Waals surface area contributed by atoms with Crippen molar-refractivity contribution in [3.05, 3.63) is 90.6 Å². The Morgan fingerprint density at radius 3 is 2.52 bits per heavy atom. The van der Waals surface area contributed by atoms with E-state index in [-0.39, 0.29) is 11.6 Å². The van der Waals surface area contributed by atoms with E-state index >= 15 is 0 Å². The second-order valence-electron chi connectivity index (χ2n) is 6.14.